The summed E-state index contributed by atoms with van der Waals surface area (Å²) in [7, 11) is 0. The first-order valence-electron chi connectivity index (χ1n) is 6.22. The number of carbonyl (C=O) groups is 2. The number of carbonyl (C=O) groups excluding carboxylic acids is 1. The van der Waals surface area contributed by atoms with Crippen molar-refractivity contribution in [3.63, 3.8) is 0 Å². The minimum atomic E-state index is -0.770. The van der Waals surface area contributed by atoms with Gasteiger partial charge in [0.25, 0.3) is 0 Å². The smallest absolute Gasteiger partial charge is 0.317 e. The molecule has 1 amide bonds. The zero-order valence-electron chi connectivity index (χ0n) is 10.7. The summed E-state index contributed by atoms with van der Waals surface area (Å²) in [5.74, 6) is -0.112. The Bertz CT molecular complexity index is 273. The van der Waals surface area contributed by atoms with Crippen molar-refractivity contribution in [3.8, 4) is 0 Å². The highest BCUT2D eigenvalue weighted by Gasteiger charge is 2.22. The number of carboxylic acids is 1. The second kappa shape index (κ2) is 6.59. The highest BCUT2D eigenvalue weighted by molar-refractivity contribution is 5.73. The number of amides is 1. The van der Waals surface area contributed by atoms with Gasteiger partial charge in [-0.3, -0.25) is 14.5 Å². The van der Waals surface area contributed by atoms with Crippen LogP contribution in [0, 0.1) is 5.92 Å². The van der Waals surface area contributed by atoms with E-state index in [0.29, 0.717) is 5.92 Å². The molecule has 5 heteroatoms. The topological polar surface area (TPSA) is 60.9 Å². The lowest BCUT2D eigenvalue weighted by atomic mass is 9.96. The molecular weight excluding hydrogens is 220 g/mol. The molecule has 0 bridgehead atoms. The molecule has 0 aromatic carbocycles. The van der Waals surface area contributed by atoms with Crippen LogP contribution >= 0.6 is 0 Å². The number of rotatable bonds is 5. The van der Waals surface area contributed by atoms with Gasteiger partial charge in [-0.1, -0.05) is 6.92 Å². The number of hydrogen-bond acceptors (Lipinski definition) is 3. The predicted octanol–water partition coefficient (Wildman–Crippen LogP) is 0.651. The van der Waals surface area contributed by atoms with E-state index in [1.54, 1.807) is 6.92 Å². The standard InChI is InChI=1S/C12H22N2O3/c1-3-13(9-12(16)17)8-11-4-6-14(7-5-11)10(2)15/h11H,3-9H2,1-2H3,(H,16,17). The summed E-state index contributed by atoms with van der Waals surface area (Å²) >= 11 is 0. The van der Waals surface area contributed by atoms with Gasteiger partial charge in [-0.25, -0.2) is 0 Å². The van der Waals surface area contributed by atoms with Crippen LogP contribution < -0.4 is 0 Å². The van der Waals surface area contributed by atoms with Crippen LogP contribution in [-0.4, -0.2) is 59.5 Å². The average Bonchev–Trinajstić information content (AvgIpc) is 2.28. The van der Waals surface area contributed by atoms with Crippen molar-refractivity contribution in [2.24, 2.45) is 5.92 Å². The number of aliphatic carboxylic acids is 1. The number of likely N-dealkylation sites (N-methyl/N-ethyl adjacent to an activating group) is 1. The molecule has 0 aromatic rings. The van der Waals surface area contributed by atoms with Crippen molar-refractivity contribution in [2.75, 3.05) is 32.7 Å². The largest absolute Gasteiger partial charge is 0.480 e. The SMILES string of the molecule is CCN(CC(=O)O)CC1CCN(C(C)=O)CC1. The van der Waals surface area contributed by atoms with Crippen LogP contribution in [0.5, 0.6) is 0 Å². The van der Waals surface area contributed by atoms with Crippen molar-refractivity contribution in [1.82, 2.24) is 9.80 Å². The van der Waals surface area contributed by atoms with Crippen molar-refractivity contribution in [2.45, 2.75) is 26.7 Å². The minimum absolute atomic E-state index is 0.115. The van der Waals surface area contributed by atoms with Crippen LogP contribution in [0.1, 0.15) is 26.7 Å². The zero-order chi connectivity index (χ0) is 12.8. The first-order valence-corrected chi connectivity index (χ1v) is 6.22. The van der Waals surface area contributed by atoms with E-state index < -0.39 is 5.97 Å². The molecule has 0 radical (unpaired) electrons. The number of nitrogens with zero attached hydrogens (tertiary/aromatic N) is 2. The molecule has 0 aromatic heterocycles. The highest BCUT2D eigenvalue weighted by atomic mass is 16.4. The van der Waals surface area contributed by atoms with E-state index in [2.05, 4.69) is 0 Å². The minimum Gasteiger partial charge on any atom is -0.480 e. The first kappa shape index (κ1) is 14.0. The summed E-state index contributed by atoms with van der Waals surface area (Å²) in [4.78, 5) is 25.6. The lowest BCUT2D eigenvalue weighted by Gasteiger charge is -2.33. The maximum absolute atomic E-state index is 11.2. The molecule has 1 saturated heterocycles. The maximum atomic E-state index is 11.2. The third kappa shape index (κ3) is 4.73. The summed E-state index contributed by atoms with van der Waals surface area (Å²) < 4.78 is 0. The van der Waals surface area contributed by atoms with E-state index in [0.717, 1.165) is 39.0 Å². The lowest BCUT2D eigenvalue weighted by Crippen LogP contribution is -2.41. The number of hydrogen-bond donors (Lipinski definition) is 1. The third-order valence-electron chi connectivity index (χ3n) is 3.38. The number of likely N-dealkylation sites (tertiary alicyclic amines) is 1. The fraction of sp³-hybridized carbons (Fsp3) is 0.833. The molecule has 0 saturated carbocycles. The Hall–Kier alpha value is -1.10. The van der Waals surface area contributed by atoms with E-state index in [1.165, 1.54) is 0 Å². The van der Waals surface area contributed by atoms with Gasteiger partial charge in [-0.2, -0.15) is 0 Å². The van der Waals surface area contributed by atoms with Crippen LogP contribution in [0.4, 0.5) is 0 Å². The number of carboxylic acid groups (broad SMARTS) is 1. The normalized spacial score (nSPS) is 17.5. The predicted molar refractivity (Wildman–Crippen MR) is 64.7 cm³/mol. The van der Waals surface area contributed by atoms with E-state index in [1.807, 2.05) is 16.7 Å². The molecule has 1 fully saturated rings. The molecule has 0 unspecified atom stereocenters. The van der Waals surface area contributed by atoms with Crippen LogP contribution in [-0.2, 0) is 9.59 Å². The molecule has 1 aliphatic heterocycles. The van der Waals surface area contributed by atoms with Gasteiger partial charge in [0.1, 0.15) is 0 Å². The monoisotopic (exact) mass is 242 g/mol. The van der Waals surface area contributed by atoms with Crippen LogP contribution in [0.25, 0.3) is 0 Å². The second-order valence-electron chi connectivity index (χ2n) is 4.67. The van der Waals surface area contributed by atoms with Crippen molar-refractivity contribution >= 4 is 11.9 Å². The Morgan fingerprint density at radius 3 is 2.35 bits per heavy atom. The van der Waals surface area contributed by atoms with Gasteiger partial charge in [-0.05, 0) is 25.3 Å². The Morgan fingerprint density at radius 2 is 1.94 bits per heavy atom. The molecule has 0 spiro atoms. The van der Waals surface area contributed by atoms with E-state index in [9.17, 15) is 9.59 Å². The molecular formula is C12H22N2O3. The van der Waals surface area contributed by atoms with Crippen molar-refractivity contribution < 1.29 is 14.7 Å². The summed E-state index contributed by atoms with van der Waals surface area (Å²) in [5, 5.41) is 8.76. The van der Waals surface area contributed by atoms with Crippen molar-refractivity contribution in [1.29, 1.82) is 0 Å². The number of piperidine rings is 1. The molecule has 1 N–H and O–H groups in total. The van der Waals surface area contributed by atoms with E-state index in [-0.39, 0.29) is 12.5 Å². The average molecular weight is 242 g/mol. The molecule has 17 heavy (non-hydrogen) atoms. The van der Waals surface area contributed by atoms with Crippen LogP contribution in [0.15, 0.2) is 0 Å². The Morgan fingerprint density at radius 1 is 1.35 bits per heavy atom. The summed E-state index contributed by atoms with van der Waals surface area (Å²) in [5.41, 5.74) is 0. The van der Waals surface area contributed by atoms with Gasteiger partial charge in [0.2, 0.25) is 5.91 Å². The lowest BCUT2D eigenvalue weighted by molar-refractivity contribution is -0.138. The molecule has 1 rings (SSSR count). The molecule has 1 heterocycles. The Balaban J connectivity index is 2.33. The van der Waals surface area contributed by atoms with Gasteiger partial charge < -0.3 is 10.0 Å². The van der Waals surface area contributed by atoms with E-state index in [4.69, 9.17) is 5.11 Å². The fourth-order valence-corrected chi connectivity index (χ4v) is 2.29. The molecule has 0 aliphatic carbocycles. The summed E-state index contributed by atoms with van der Waals surface area (Å²) in [6.45, 7) is 6.91. The zero-order valence-corrected chi connectivity index (χ0v) is 10.7. The summed E-state index contributed by atoms with van der Waals surface area (Å²) in [6.07, 6.45) is 1.96. The van der Waals surface area contributed by atoms with Gasteiger partial charge in [-0.15, -0.1) is 0 Å². The summed E-state index contributed by atoms with van der Waals surface area (Å²) in [6, 6.07) is 0. The fourth-order valence-electron chi connectivity index (χ4n) is 2.29. The van der Waals surface area contributed by atoms with Crippen LogP contribution in [0.3, 0.4) is 0 Å². The maximum Gasteiger partial charge on any atom is 0.317 e. The Labute approximate surface area is 102 Å². The third-order valence-corrected chi connectivity index (χ3v) is 3.38. The quantitative estimate of drug-likeness (QED) is 0.769. The Kier molecular flexibility index (Phi) is 5.41. The molecule has 5 nitrogen and oxygen atoms in total. The van der Waals surface area contributed by atoms with Gasteiger partial charge in [0.05, 0.1) is 6.54 Å². The van der Waals surface area contributed by atoms with Gasteiger partial charge in [0, 0.05) is 26.6 Å². The first-order chi connectivity index (χ1) is 8.02. The highest BCUT2D eigenvalue weighted by Crippen LogP contribution is 2.18. The van der Waals surface area contributed by atoms with Crippen LogP contribution in [0.2, 0.25) is 0 Å². The molecule has 0 atom stereocenters. The van der Waals surface area contributed by atoms with E-state index >= 15 is 0 Å². The second-order valence-corrected chi connectivity index (χ2v) is 4.67. The molecule has 1 aliphatic rings. The van der Waals surface area contributed by atoms with Gasteiger partial charge >= 0.3 is 5.97 Å². The van der Waals surface area contributed by atoms with Gasteiger partial charge in [0.15, 0.2) is 0 Å². The molecule has 98 valence electrons. The van der Waals surface area contributed by atoms with Crippen molar-refractivity contribution in [3.05, 3.63) is 0 Å².